The maximum atomic E-state index is 11.0. The molecule has 0 saturated heterocycles. The van der Waals surface area contributed by atoms with Gasteiger partial charge in [0.05, 0.1) is 0 Å². The van der Waals surface area contributed by atoms with E-state index in [1.165, 1.54) is 13.8 Å². The second-order valence-electron chi connectivity index (χ2n) is 6.72. The first-order valence-electron chi connectivity index (χ1n) is 8.31. The molecular formula is C16H31N3O8. The number of hydrogen-bond donors (Lipinski definition) is 5. The highest BCUT2D eigenvalue weighted by Gasteiger charge is 2.17. The summed E-state index contributed by atoms with van der Waals surface area (Å²) in [5, 5.41) is 24.3. The Balaban J connectivity index is 0. The molecule has 5 N–H and O–H groups in total. The van der Waals surface area contributed by atoms with E-state index in [2.05, 4.69) is 20.7 Å². The predicted octanol–water partition coefficient (Wildman–Crippen LogP) is 0.563. The van der Waals surface area contributed by atoms with E-state index >= 15 is 0 Å². The fourth-order valence-corrected chi connectivity index (χ4v) is 1.22. The maximum absolute atomic E-state index is 11.0. The SMILES string of the molecule is CC(C)(C)OC(=O)NCC(=O)O.CCC(=O)NCCNC(=O)OC(C)(C)O. The van der Waals surface area contributed by atoms with Gasteiger partial charge in [-0.05, 0) is 20.8 Å². The molecule has 0 aromatic carbocycles. The minimum Gasteiger partial charge on any atom is -0.480 e. The van der Waals surface area contributed by atoms with Gasteiger partial charge in [-0.2, -0.15) is 0 Å². The summed E-state index contributed by atoms with van der Waals surface area (Å²) in [4.78, 5) is 42.5. The van der Waals surface area contributed by atoms with Crippen molar-refractivity contribution in [3.05, 3.63) is 0 Å². The summed E-state index contributed by atoms with van der Waals surface area (Å²) in [5.41, 5.74) is -0.595. The lowest BCUT2D eigenvalue weighted by Crippen LogP contribution is -2.38. The Bertz CT molecular complexity index is 495. The summed E-state index contributed by atoms with van der Waals surface area (Å²) in [6, 6.07) is 0. The van der Waals surface area contributed by atoms with Gasteiger partial charge >= 0.3 is 18.2 Å². The van der Waals surface area contributed by atoms with Crippen molar-refractivity contribution >= 4 is 24.1 Å². The zero-order chi connectivity index (χ0) is 21.7. The first-order chi connectivity index (χ1) is 12.2. The molecule has 11 nitrogen and oxygen atoms in total. The molecule has 27 heavy (non-hydrogen) atoms. The molecule has 0 rings (SSSR count). The van der Waals surface area contributed by atoms with Gasteiger partial charge in [-0.15, -0.1) is 0 Å². The lowest BCUT2D eigenvalue weighted by Gasteiger charge is -2.19. The molecular weight excluding hydrogens is 362 g/mol. The van der Waals surface area contributed by atoms with Gasteiger partial charge in [0.2, 0.25) is 11.7 Å². The minimum atomic E-state index is -1.49. The largest absolute Gasteiger partial charge is 0.480 e. The third-order valence-corrected chi connectivity index (χ3v) is 2.16. The number of carboxylic acid groups (broad SMARTS) is 1. The smallest absolute Gasteiger partial charge is 0.409 e. The zero-order valence-electron chi connectivity index (χ0n) is 16.7. The van der Waals surface area contributed by atoms with Crippen LogP contribution in [0.5, 0.6) is 0 Å². The Morgan fingerprint density at radius 3 is 1.74 bits per heavy atom. The number of amides is 3. The second kappa shape index (κ2) is 12.7. The van der Waals surface area contributed by atoms with Gasteiger partial charge in [-0.1, -0.05) is 6.92 Å². The van der Waals surface area contributed by atoms with Crippen LogP contribution in [0.4, 0.5) is 9.59 Å². The third-order valence-electron chi connectivity index (χ3n) is 2.16. The van der Waals surface area contributed by atoms with Crippen molar-refractivity contribution in [2.24, 2.45) is 0 Å². The fourth-order valence-electron chi connectivity index (χ4n) is 1.22. The van der Waals surface area contributed by atoms with Crippen molar-refractivity contribution in [2.75, 3.05) is 19.6 Å². The van der Waals surface area contributed by atoms with Crippen molar-refractivity contribution in [1.82, 2.24) is 16.0 Å². The first kappa shape index (κ1) is 26.7. The van der Waals surface area contributed by atoms with E-state index in [0.717, 1.165) is 0 Å². The third kappa shape index (κ3) is 23.4. The van der Waals surface area contributed by atoms with Crippen LogP contribution in [0.25, 0.3) is 0 Å². The summed E-state index contributed by atoms with van der Waals surface area (Å²) >= 11 is 0. The molecule has 0 aliphatic rings. The molecule has 0 aromatic rings. The molecule has 0 heterocycles. The maximum Gasteiger partial charge on any atom is 0.409 e. The highest BCUT2D eigenvalue weighted by atomic mass is 16.7. The van der Waals surface area contributed by atoms with Crippen LogP contribution in [-0.4, -0.2) is 65.3 Å². The average molecular weight is 393 g/mol. The molecule has 0 bridgehead atoms. The van der Waals surface area contributed by atoms with E-state index < -0.39 is 36.1 Å². The molecule has 0 saturated carbocycles. The summed E-state index contributed by atoms with van der Waals surface area (Å²) in [5.74, 6) is -2.66. The Kier molecular flexibility index (Phi) is 12.6. The molecule has 0 spiro atoms. The summed E-state index contributed by atoms with van der Waals surface area (Å²) < 4.78 is 9.34. The molecule has 0 radical (unpaired) electrons. The molecule has 3 amide bonds. The number of alkyl carbamates (subject to hydrolysis) is 2. The number of ether oxygens (including phenoxy) is 2. The molecule has 0 aliphatic carbocycles. The number of carbonyl (C=O) groups is 4. The van der Waals surface area contributed by atoms with Crippen LogP contribution in [0, 0.1) is 0 Å². The molecule has 0 fully saturated rings. The van der Waals surface area contributed by atoms with Crippen molar-refractivity contribution in [1.29, 1.82) is 0 Å². The Morgan fingerprint density at radius 2 is 1.33 bits per heavy atom. The summed E-state index contributed by atoms with van der Waals surface area (Å²) in [6.07, 6.45) is -1.02. The Hall–Kier alpha value is -2.56. The van der Waals surface area contributed by atoms with E-state index in [1.54, 1.807) is 27.7 Å². The van der Waals surface area contributed by atoms with Gasteiger partial charge < -0.3 is 35.6 Å². The fraction of sp³-hybridized carbons (Fsp3) is 0.750. The number of hydrogen-bond acceptors (Lipinski definition) is 7. The molecule has 0 aromatic heterocycles. The van der Waals surface area contributed by atoms with Crippen molar-refractivity contribution < 1.29 is 38.9 Å². The van der Waals surface area contributed by atoms with Gasteiger partial charge in [0, 0.05) is 33.4 Å². The van der Waals surface area contributed by atoms with Gasteiger partial charge in [0.25, 0.3) is 0 Å². The molecule has 11 heteroatoms. The van der Waals surface area contributed by atoms with E-state index in [9.17, 15) is 19.2 Å². The summed E-state index contributed by atoms with van der Waals surface area (Å²) in [7, 11) is 0. The summed E-state index contributed by atoms with van der Waals surface area (Å²) in [6.45, 7) is 9.74. The van der Waals surface area contributed by atoms with Gasteiger partial charge in [0.1, 0.15) is 12.1 Å². The molecule has 158 valence electrons. The highest BCUT2D eigenvalue weighted by molar-refractivity contribution is 5.76. The monoisotopic (exact) mass is 393 g/mol. The van der Waals surface area contributed by atoms with Crippen LogP contribution in [0.1, 0.15) is 48.0 Å². The first-order valence-corrected chi connectivity index (χ1v) is 8.31. The van der Waals surface area contributed by atoms with E-state index in [1.807, 2.05) is 0 Å². The van der Waals surface area contributed by atoms with Gasteiger partial charge in [0.15, 0.2) is 0 Å². The topological polar surface area (TPSA) is 163 Å². The highest BCUT2D eigenvalue weighted by Crippen LogP contribution is 2.06. The number of nitrogens with one attached hydrogen (secondary N) is 3. The lowest BCUT2D eigenvalue weighted by atomic mass is 10.2. The van der Waals surface area contributed by atoms with Crippen LogP contribution >= 0.6 is 0 Å². The standard InChI is InChI=1S/C9H18N2O4.C7H13NO4/c1-4-7(12)10-5-6-11-8(13)15-9(2,3)14;1-7(2,3)12-6(11)8-4-5(9)10/h14H,4-6H2,1-3H3,(H,10,12)(H,11,13);4H2,1-3H3,(H,8,11)(H,9,10). The number of aliphatic hydroxyl groups is 1. The lowest BCUT2D eigenvalue weighted by molar-refractivity contribution is -0.136. The normalized spacial score (nSPS) is 10.6. The average Bonchev–Trinajstić information content (AvgIpc) is 2.46. The van der Waals surface area contributed by atoms with Crippen molar-refractivity contribution in [3.63, 3.8) is 0 Å². The number of aliphatic carboxylic acids is 1. The van der Waals surface area contributed by atoms with E-state index in [-0.39, 0.29) is 12.5 Å². The number of carboxylic acids is 1. The quantitative estimate of drug-likeness (QED) is 0.309. The van der Waals surface area contributed by atoms with E-state index in [0.29, 0.717) is 13.0 Å². The van der Waals surface area contributed by atoms with Crippen LogP contribution < -0.4 is 16.0 Å². The van der Waals surface area contributed by atoms with Crippen LogP contribution in [0.15, 0.2) is 0 Å². The van der Waals surface area contributed by atoms with Crippen molar-refractivity contribution in [2.45, 2.75) is 59.4 Å². The number of carbonyl (C=O) groups excluding carboxylic acids is 3. The zero-order valence-corrected chi connectivity index (χ0v) is 16.7. The van der Waals surface area contributed by atoms with E-state index in [4.69, 9.17) is 14.9 Å². The van der Waals surface area contributed by atoms with Crippen LogP contribution in [0.3, 0.4) is 0 Å². The molecule has 0 unspecified atom stereocenters. The van der Waals surface area contributed by atoms with Crippen LogP contribution in [-0.2, 0) is 19.1 Å². The molecule has 0 atom stereocenters. The Morgan fingerprint density at radius 1 is 0.852 bits per heavy atom. The second-order valence-corrected chi connectivity index (χ2v) is 6.72. The van der Waals surface area contributed by atoms with Crippen LogP contribution in [0.2, 0.25) is 0 Å². The predicted molar refractivity (Wildman–Crippen MR) is 96.0 cm³/mol. The van der Waals surface area contributed by atoms with Gasteiger partial charge in [-0.25, -0.2) is 9.59 Å². The molecule has 0 aliphatic heterocycles. The van der Waals surface area contributed by atoms with Crippen molar-refractivity contribution in [3.8, 4) is 0 Å². The van der Waals surface area contributed by atoms with Gasteiger partial charge in [-0.3, -0.25) is 9.59 Å². The Labute approximate surface area is 158 Å². The minimum absolute atomic E-state index is 0.0762. The number of rotatable bonds is 7.